The van der Waals surface area contributed by atoms with Crippen molar-refractivity contribution in [2.24, 2.45) is 0 Å². The van der Waals surface area contributed by atoms with Gasteiger partial charge in [0.15, 0.2) is 0 Å². The highest BCUT2D eigenvalue weighted by molar-refractivity contribution is 7.86. The van der Waals surface area contributed by atoms with Crippen LogP contribution < -0.4 is 5.32 Å². The van der Waals surface area contributed by atoms with Crippen LogP contribution in [-0.2, 0) is 32.2 Å². The molecule has 0 saturated heterocycles. The summed E-state index contributed by atoms with van der Waals surface area (Å²) in [5.74, 6) is -7.84. The van der Waals surface area contributed by atoms with Crippen LogP contribution in [0.25, 0.3) is 0 Å². The molecule has 1 aromatic carbocycles. The van der Waals surface area contributed by atoms with Crippen LogP contribution in [0.15, 0.2) is 35.4 Å². The van der Waals surface area contributed by atoms with E-state index in [1.165, 1.54) is 29.6 Å². The van der Waals surface area contributed by atoms with Crippen molar-refractivity contribution in [3.8, 4) is 0 Å². The molecule has 0 aliphatic rings. The monoisotopic (exact) mass is 486 g/mol. The second-order valence-corrected chi connectivity index (χ2v) is 8.02. The first kappa shape index (κ1) is 25.1. The van der Waals surface area contributed by atoms with Gasteiger partial charge in [0.2, 0.25) is 5.91 Å². The molecule has 0 aliphatic heterocycles. The molecular formula is C16H15F5N4O6S. The zero-order chi connectivity index (χ0) is 24.3. The fourth-order valence-corrected chi connectivity index (χ4v) is 3.07. The summed E-state index contributed by atoms with van der Waals surface area (Å²) in [6.45, 7) is -2.18. The first-order valence-corrected chi connectivity index (χ1v) is 9.91. The Balaban J connectivity index is 2.14. The van der Waals surface area contributed by atoms with Gasteiger partial charge in [0.1, 0.15) is 19.3 Å². The summed E-state index contributed by atoms with van der Waals surface area (Å²) in [7, 11) is -4.33. The lowest BCUT2D eigenvalue weighted by Gasteiger charge is -2.19. The number of rotatable bonds is 9. The largest absolute Gasteiger partial charge is 0.455 e. The number of imidazole rings is 1. The van der Waals surface area contributed by atoms with Crippen LogP contribution in [0, 0.1) is 17.0 Å². The number of aromatic nitrogens is 2. The Morgan fingerprint density at radius 1 is 1.22 bits per heavy atom. The van der Waals surface area contributed by atoms with Crippen molar-refractivity contribution in [2.45, 2.75) is 37.1 Å². The van der Waals surface area contributed by atoms with Gasteiger partial charge >= 0.3 is 17.9 Å². The molecule has 0 aliphatic carbocycles. The first-order chi connectivity index (χ1) is 14.6. The number of amides is 1. The predicted molar refractivity (Wildman–Crippen MR) is 96.0 cm³/mol. The molecule has 0 spiro atoms. The van der Waals surface area contributed by atoms with Crippen LogP contribution in [0.1, 0.15) is 11.4 Å². The van der Waals surface area contributed by atoms with E-state index in [0.717, 1.165) is 5.56 Å². The summed E-state index contributed by atoms with van der Waals surface area (Å²) in [6.07, 6.45) is -5.21. The van der Waals surface area contributed by atoms with Gasteiger partial charge in [-0.2, -0.15) is 30.4 Å². The topological polar surface area (TPSA) is 133 Å². The lowest BCUT2D eigenvalue weighted by molar-refractivity contribution is -0.389. The third-order valence-corrected chi connectivity index (χ3v) is 5.20. The molecule has 32 heavy (non-hydrogen) atoms. The van der Waals surface area contributed by atoms with Crippen molar-refractivity contribution in [1.29, 1.82) is 0 Å². The highest BCUT2D eigenvalue weighted by atomic mass is 32.2. The maximum Gasteiger partial charge on any atom is 0.455 e. The number of benzene rings is 1. The van der Waals surface area contributed by atoms with E-state index < -0.39 is 64.4 Å². The first-order valence-electron chi connectivity index (χ1n) is 8.50. The van der Waals surface area contributed by atoms with Gasteiger partial charge in [-0.1, -0.05) is 17.7 Å². The number of alkyl halides is 5. The van der Waals surface area contributed by atoms with Gasteiger partial charge < -0.3 is 15.4 Å². The number of carbonyl (C=O) groups excluding carboxylic acids is 1. The smallest absolute Gasteiger partial charge is 0.358 e. The average Bonchev–Trinajstić information content (AvgIpc) is 3.07. The van der Waals surface area contributed by atoms with Gasteiger partial charge in [-0.05, 0) is 29.0 Å². The molecule has 1 N–H and O–H groups in total. The lowest BCUT2D eigenvalue weighted by atomic mass is 10.2. The molecule has 176 valence electrons. The van der Waals surface area contributed by atoms with Gasteiger partial charge in [0, 0.05) is 0 Å². The zero-order valence-electron chi connectivity index (χ0n) is 16.1. The molecule has 0 atom stereocenters. The van der Waals surface area contributed by atoms with E-state index in [2.05, 4.69) is 4.98 Å². The number of halogens is 5. The minimum atomic E-state index is -5.89. The third-order valence-electron chi connectivity index (χ3n) is 3.92. The molecule has 1 amide bonds. The van der Waals surface area contributed by atoms with E-state index >= 15 is 0 Å². The van der Waals surface area contributed by atoms with Gasteiger partial charge in [0.25, 0.3) is 15.9 Å². The normalized spacial score (nSPS) is 12.6. The molecule has 0 unspecified atom stereocenters. The lowest BCUT2D eigenvalue weighted by Crippen LogP contribution is -2.47. The summed E-state index contributed by atoms with van der Waals surface area (Å²) in [5, 5.41) is 12.3. The average molecular weight is 486 g/mol. The van der Waals surface area contributed by atoms with E-state index in [0.29, 0.717) is 10.8 Å². The van der Waals surface area contributed by atoms with E-state index in [1.807, 2.05) is 0 Å². The predicted octanol–water partition coefficient (Wildman–Crippen LogP) is 2.32. The SMILES string of the molecule is Cc1ccc(S(=O)(=O)OCc2nc([N+](=O)[O-])cn2CC(=O)NCC(F)(F)C(F)(F)F)cc1. The quantitative estimate of drug-likeness (QED) is 0.249. The van der Waals surface area contributed by atoms with E-state index in [1.54, 1.807) is 6.92 Å². The van der Waals surface area contributed by atoms with Crippen molar-refractivity contribution < 1.29 is 44.3 Å². The van der Waals surface area contributed by atoms with Crippen LogP contribution >= 0.6 is 0 Å². The van der Waals surface area contributed by atoms with Crippen molar-refractivity contribution >= 4 is 21.8 Å². The van der Waals surface area contributed by atoms with Crippen LogP contribution in [-0.4, -0.2) is 47.4 Å². The molecule has 10 nitrogen and oxygen atoms in total. The van der Waals surface area contributed by atoms with E-state index in [4.69, 9.17) is 4.18 Å². The van der Waals surface area contributed by atoms with Gasteiger partial charge in [0.05, 0.1) is 11.4 Å². The maximum atomic E-state index is 12.9. The molecule has 0 saturated carbocycles. The number of nitro groups is 1. The van der Waals surface area contributed by atoms with Crippen molar-refractivity contribution in [1.82, 2.24) is 14.9 Å². The Bertz CT molecular complexity index is 1100. The fraction of sp³-hybridized carbons (Fsp3) is 0.375. The van der Waals surface area contributed by atoms with Gasteiger partial charge in [-0.15, -0.1) is 0 Å². The molecule has 2 aromatic rings. The van der Waals surface area contributed by atoms with Crippen LogP contribution in [0.3, 0.4) is 0 Å². The zero-order valence-corrected chi connectivity index (χ0v) is 16.9. The Labute approximate surface area is 177 Å². The van der Waals surface area contributed by atoms with Crippen LogP contribution in [0.2, 0.25) is 0 Å². The number of carbonyl (C=O) groups is 1. The summed E-state index contributed by atoms with van der Waals surface area (Å²) in [5.41, 5.74) is 0.761. The van der Waals surface area contributed by atoms with E-state index in [-0.39, 0.29) is 4.90 Å². The molecule has 2 rings (SSSR count). The standard InChI is InChI=1S/C16H15F5N4O6S/c1-10-2-4-11(5-3-10)32(29,30)31-8-13-23-12(25(27)28)6-24(13)7-14(26)22-9-15(17,18)16(19,20)21/h2-6H,7-9H2,1H3,(H,22,26). The number of nitrogens with zero attached hydrogens (tertiary/aromatic N) is 3. The van der Waals surface area contributed by atoms with Gasteiger partial charge in [-0.25, -0.2) is 0 Å². The molecule has 0 fully saturated rings. The number of hydrogen-bond acceptors (Lipinski definition) is 7. The number of hydrogen-bond donors (Lipinski definition) is 1. The van der Waals surface area contributed by atoms with E-state index in [9.17, 15) is 45.3 Å². The minimum Gasteiger partial charge on any atom is -0.358 e. The summed E-state index contributed by atoms with van der Waals surface area (Å²) in [4.78, 5) is 25.0. The summed E-state index contributed by atoms with van der Waals surface area (Å²) >= 11 is 0. The Morgan fingerprint density at radius 2 is 1.81 bits per heavy atom. The number of aryl methyl sites for hydroxylation is 1. The molecule has 16 heteroatoms. The second-order valence-electron chi connectivity index (χ2n) is 6.41. The molecule has 0 bridgehead atoms. The highest BCUT2D eigenvalue weighted by Crippen LogP contribution is 2.34. The van der Waals surface area contributed by atoms with Crippen molar-refractivity contribution in [2.75, 3.05) is 6.54 Å². The minimum absolute atomic E-state index is 0.233. The van der Waals surface area contributed by atoms with Crippen molar-refractivity contribution in [3.63, 3.8) is 0 Å². The Kier molecular flexibility index (Phi) is 7.19. The fourth-order valence-electron chi connectivity index (χ4n) is 2.20. The Morgan fingerprint density at radius 3 is 2.34 bits per heavy atom. The summed E-state index contributed by atoms with van der Waals surface area (Å²) < 4.78 is 92.3. The van der Waals surface area contributed by atoms with Gasteiger partial charge in [-0.3, -0.25) is 13.5 Å². The second kappa shape index (κ2) is 9.15. The Hall–Kier alpha value is -3.14. The molecule has 1 heterocycles. The molecule has 1 aromatic heterocycles. The summed E-state index contributed by atoms with van der Waals surface area (Å²) in [6, 6.07) is 5.47. The number of nitrogens with one attached hydrogen (secondary N) is 1. The molecular weight excluding hydrogens is 471 g/mol. The van der Waals surface area contributed by atoms with Crippen LogP contribution in [0.4, 0.5) is 27.8 Å². The van der Waals surface area contributed by atoms with Crippen molar-refractivity contribution in [3.05, 3.63) is 52.0 Å². The molecule has 0 radical (unpaired) electrons. The van der Waals surface area contributed by atoms with Crippen LogP contribution in [0.5, 0.6) is 0 Å². The highest BCUT2D eigenvalue weighted by Gasteiger charge is 2.57. The maximum absolute atomic E-state index is 12.9. The third kappa shape index (κ3) is 6.19.